The van der Waals surface area contributed by atoms with Gasteiger partial charge in [0, 0.05) is 16.7 Å². The minimum Gasteiger partial charge on any atom is -0.399 e. The molecule has 3 rings (SSSR count). The molecule has 0 aliphatic carbocycles. The molecule has 2 aromatic rings. The number of hydrogen-bond donors (Lipinski definition) is 1. The summed E-state index contributed by atoms with van der Waals surface area (Å²) in [7, 11) is 0. The molecule has 1 aromatic carbocycles. The number of anilines is 1. The summed E-state index contributed by atoms with van der Waals surface area (Å²) in [4.78, 5) is 1.32. The quantitative estimate of drug-likeness (QED) is 0.838. The number of rotatable bonds is 2. The summed E-state index contributed by atoms with van der Waals surface area (Å²) in [6.07, 6.45) is 2.68. The van der Waals surface area contributed by atoms with Gasteiger partial charge in [-0.2, -0.15) is 0 Å². The molecular weight excluding hydrogens is 256 g/mol. The van der Waals surface area contributed by atoms with E-state index in [4.69, 9.17) is 10.3 Å². The molecule has 0 spiro atoms. The van der Waals surface area contributed by atoms with Gasteiger partial charge in [0.1, 0.15) is 0 Å². The lowest BCUT2D eigenvalue weighted by atomic mass is 9.98. The molecule has 0 saturated heterocycles. The van der Waals surface area contributed by atoms with Crippen LogP contribution in [0.5, 0.6) is 0 Å². The van der Waals surface area contributed by atoms with Crippen molar-refractivity contribution in [1.29, 1.82) is 0 Å². The third-order valence-electron chi connectivity index (χ3n) is 3.45. The molecule has 2 heterocycles. The molecule has 19 heavy (non-hydrogen) atoms. The van der Waals surface area contributed by atoms with Crippen LogP contribution in [0.3, 0.4) is 0 Å². The van der Waals surface area contributed by atoms with E-state index >= 15 is 0 Å². The van der Waals surface area contributed by atoms with E-state index in [-0.39, 0.29) is 4.75 Å². The van der Waals surface area contributed by atoms with Crippen molar-refractivity contribution in [3.05, 3.63) is 53.4 Å². The average Bonchev–Trinajstić information content (AvgIpc) is 2.99. The molecule has 0 fully saturated rings. The fourth-order valence-corrected chi connectivity index (χ4v) is 3.95. The molecule has 1 unspecified atom stereocenters. The van der Waals surface area contributed by atoms with Crippen LogP contribution in [-0.2, 0) is 4.75 Å². The molecule has 0 radical (unpaired) electrons. The number of benzene rings is 1. The van der Waals surface area contributed by atoms with E-state index in [2.05, 4.69) is 31.1 Å². The van der Waals surface area contributed by atoms with Crippen LogP contribution in [-0.4, -0.2) is 5.16 Å². The van der Waals surface area contributed by atoms with Gasteiger partial charge in [0.25, 0.3) is 0 Å². The summed E-state index contributed by atoms with van der Waals surface area (Å²) < 4.78 is 5.30. The Hall–Kier alpha value is -1.68. The van der Waals surface area contributed by atoms with E-state index in [0.717, 1.165) is 17.9 Å². The van der Waals surface area contributed by atoms with Crippen LogP contribution < -0.4 is 5.73 Å². The lowest BCUT2D eigenvalue weighted by Gasteiger charge is -2.19. The predicted octanol–water partition coefficient (Wildman–Crippen LogP) is 4.04. The van der Waals surface area contributed by atoms with E-state index in [1.54, 1.807) is 6.20 Å². The first-order valence-corrected chi connectivity index (χ1v) is 7.06. The second-order valence-electron chi connectivity index (χ2n) is 5.12. The van der Waals surface area contributed by atoms with Crippen LogP contribution in [0.25, 0.3) is 4.91 Å². The highest BCUT2D eigenvalue weighted by atomic mass is 32.2. The van der Waals surface area contributed by atoms with Crippen LogP contribution in [0.4, 0.5) is 5.69 Å². The van der Waals surface area contributed by atoms with Gasteiger partial charge in [0.05, 0.1) is 10.9 Å². The monoisotopic (exact) mass is 272 g/mol. The molecule has 0 saturated carbocycles. The Morgan fingerprint density at radius 2 is 2.00 bits per heavy atom. The molecule has 1 aliphatic heterocycles. The highest BCUT2D eigenvalue weighted by Crippen LogP contribution is 2.55. The number of aromatic nitrogens is 1. The highest BCUT2D eigenvalue weighted by molar-refractivity contribution is 8.09. The van der Waals surface area contributed by atoms with Gasteiger partial charge in [0.15, 0.2) is 5.76 Å². The fraction of sp³-hybridized carbons (Fsp3) is 0.267. The van der Waals surface area contributed by atoms with Gasteiger partial charge in [-0.25, -0.2) is 0 Å². The summed E-state index contributed by atoms with van der Waals surface area (Å²) in [6, 6.07) is 9.99. The normalized spacial score (nSPS) is 23.1. The molecule has 0 bridgehead atoms. The first-order valence-electron chi connectivity index (χ1n) is 6.24. The van der Waals surface area contributed by atoms with Crippen LogP contribution >= 0.6 is 11.8 Å². The van der Waals surface area contributed by atoms with E-state index < -0.39 is 0 Å². The van der Waals surface area contributed by atoms with Crippen molar-refractivity contribution in [2.24, 2.45) is 0 Å². The molecule has 2 N–H and O–H groups in total. The van der Waals surface area contributed by atoms with Gasteiger partial charge >= 0.3 is 0 Å². The van der Waals surface area contributed by atoms with Crippen LogP contribution in [0.1, 0.15) is 31.6 Å². The van der Waals surface area contributed by atoms with E-state index in [1.807, 2.05) is 30.0 Å². The molecule has 3 nitrogen and oxygen atoms in total. The van der Waals surface area contributed by atoms with Gasteiger partial charge in [-0.05, 0) is 38.0 Å². The predicted molar refractivity (Wildman–Crippen MR) is 79.5 cm³/mol. The Bertz CT molecular complexity index is 616. The molecule has 98 valence electrons. The SMILES string of the molecule is CC1=C(c2ccc(N)cc2)SC(C)(c2ccno2)C1. The van der Waals surface area contributed by atoms with Gasteiger partial charge in [-0.15, -0.1) is 11.8 Å². The Labute approximate surface area is 116 Å². The maximum Gasteiger partial charge on any atom is 0.153 e. The summed E-state index contributed by atoms with van der Waals surface area (Å²) in [5, 5.41) is 3.82. The molecular formula is C15H16N2OS. The Morgan fingerprint density at radius 3 is 2.63 bits per heavy atom. The second kappa shape index (κ2) is 4.46. The minimum atomic E-state index is -0.0582. The van der Waals surface area contributed by atoms with E-state index in [9.17, 15) is 0 Å². The fourth-order valence-electron chi connectivity index (χ4n) is 2.50. The summed E-state index contributed by atoms with van der Waals surface area (Å²) in [6.45, 7) is 4.38. The van der Waals surface area contributed by atoms with Crippen molar-refractivity contribution in [2.45, 2.75) is 25.0 Å². The lowest BCUT2D eigenvalue weighted by molar-refractivity contribution is 0.354. The summed E-state index contributed by atoms with van der Waals surface area (Å²) in [5.74, 6) is 0.933. The smallest absolute Gasteiger partial charge is 0.153 e. The average molecular weight is 272 g/mol. The third kappa shape index (κ3) is 2.16. The molecule has 4 heteroatoms. The van der Waals surface area contributed by atoms with E-state index in [0.29, 0.717) is 0 Å². The molecule has 1 aromatic heterocycles. The van der Waals surface area contributed by atoms with Crippen LogP contribution in [0.15, 0.2) is 46.6 Å². The molecule has 1 aliphatic rings. The maximum atomic E-state index is 5.74. The van der Waals surface area contributed by atoms with Crippen molar-refractivity contribution in [3.8, 4) is 0 Å². The number of nitrogen functional groups attached to an aromatic ring is 1. The number of hydrogen-bond acceptors (Lipinski definition) is 4. The Morgan fingerprint density at radius 1 is 1.26 bits per heavy atom. The third-order valence-corrected chi connectivity index (χ3v) is 5.03. The van der Waals surface area contributed by atoms with Gasteiger partial charge in [0.2, 0.25) is 0 Å². The first-order chi connectivity index (χ1) is 9.08. The lowest BCUT2D eigenvalue weighted by Crippen LogP contribution is -2.12. The van der Waals surface area contributed by atoms with Crippen LogP contribution in [0.2, 0.25) is 0 Å². The largest absolute Gasteiger partial charge is 0.399 e. The van der Waals surface area contributed by atoms with Crippen molar-refractivity contribution in [1.82, 2.24) is 5.16 Å². The zero-order valence-electron chi connectivity index (χ0n) is 11.0. The van der Waals surface area contributed by atoms with Crippen molar-refractivity contribution >= 4 is 22.4 Å². The van der Waals surface area contributed by atoms with Crippen molar-refractivity contribution < 1.29 is 4.52 Å². The maximum absolute atomic E-state index is 5.74. The Balaban J connectivity index is 1.93. The van der Waals surface area contributed by atoms with E-state index in [1.165, 1.54) is 16.0 Å². The topological polar surface area (TPSA) is 52.0 Å². The zero-order valence-corrected chi connectivity index (χ0v) is 11.8. The highest BCUT2D eigenvalue weighted by Gasteiger charge is 2.38. The summed E-state index contributed by atoms with van der Waals surface area (Å²) in [5.41, 5.74) is 9.14. The second-order valence-corrected chi connectivity index (χ2v) is 6.63. The van der Waals surface area contributed by atoms with Gasteiger partial charge in [-0.1, -0.05) is 22.9 Å². The minimum absolute atomic E-state index is 0.0582. The van der Waals surface area contributed by atoms with Gasteiger partial charge in [-0.3, -0.25) is 0 Å². The van der Waals surface area contributed by atoms with Crippen LogP contribution in [0, 0.1) is 0 Å². The molecule has 0 amide bonds. The zero-order chi connectivity index (χ0) is 13.5. The number of nitrogens with zero attached hydrogens (tertiary/aromatic N) is 1. The van der Waals surface area contributed by atoms with Gasteiger partial charge < -0.3 is 10.3 Å². The number of thioether (sulfide) groups is 1. The Kier molecular flexibility index (Phi) is 2.90. The number of nitrogens with two attached hydrogens (primary N) is 1. The first kappa shape index (κ1) is 12.4. The van der Waals surface area contributed by atoms with Crippen molar-refractivity contribution in [2.75, 3.05) is 5.73 Å². The number of allylic oxidation sites excluding steroid dienone is 1. The molecule has 1 atom stereocenters. The summed E-state index contributed by atoms with van der Waals surface area (Å²) >= 11 is 1.84. The van der Waals surface area contributed by atoms with Crippen molar-refractivity contribution in [3.63, 3.8) is 0 Å². The standard InChI is InChI=1S/C15H16N2OS/c1-10-9-15(2,13-7-8-17-18-13)19-14(10)11-3-5-12(16)6-4-11/h3-8H,9,16H2,1-2H3.